The number of carbonyl (C=O) groups is 2. The van der Waals surface area contributed by atoms with Gasteiger partial charge in [-0.2, -0.15) is 0 Å². The summed E-state index contributed by atoms with van der Waals surface area (Å²) in [4.78, 5) is 22.8. The van der Waals surface area contributed by atoms with Crippen LogP contribution in [0, 0.1) is 0 Å². The molecule has 152 valence electrons. The number of fused-ring (bicyclic) bond motifs is 2. The van der Waals surface area contributed by atoms with Crippen LogP contribution in [0.15, 0.2) is 36.4 Å². The SMILES string of the molecule is CC1(C)CC2(CC(C)(C)c3cc(C(=O)O)ccc3O2)Oc2ccc(C(=O)O)cc21. The second-order valence-corrected chi connectivity index (χ2v) is 9.27. The Labute approximate surface area is 169 Å². The zero-order valence-electron chi connectivity index (χ0n) is 16.9. The van der Waals surface area contributed by atoms with Crippen molar-refractivity contribution in [1.29, 1.82) is 0 Å². The van der Waals surface area contributed by atoms with Crippen LogP contribution in [-0.2, 0) is 10.8 Å². The molecule has 0 saturated heterocycles. The summed E-state index contributed by atoms with van der Waals surface area (Å²) in [5, 5.41) is 18.7. The molecule has 0 saturated carbocycles. The average Bonchev–Trinajstić information content (AvgIpc) is 2.59. The highest BCUT2D eigenvalue weighted by molar-refractivity contribution is 5.88. The molecule has 0 amide bonds. The molecule has 4 rings (SSSR count). The van der Waals surface area contributed by atoms with Crippen LogP contribution in [0.3, 0.4) is 0 Å². The third-order valence-corrected chi connectivity index (χ3v) is 5.93. The maximum absolute atomic E-state index is 11.4. The fraction of sp³-hybridized carbons (Fsp3) is 0.391. The zero-order valence-corrected chi connectivity index (χ0v) is 16.9. The molecule has 2 aliphatic rings. The van der Waals surface area contributed by atoms with Crippen molar-refractivity contribution in [2.24, 2.45) is 0 Å². The summed E-state index contributed by atoms with van der Waals surface area (Å²) in [7, 11) is 0. The Bertz CT molecular complexity index is 950. The van der Waals surface area contributed by atoms with Crippen LogP contribution in [0.4, 0.5) is 0 Å². The number of benzene rings is 2. The molecule has 0 atom stereocenters. The molecule has 0 radical (unpaired) electrons. The Morgan fingerprint density at radius 2 is 1.14 bits per heavy atom. The number of ether oxygens (including phenoxy) is 2. The first kappa shape index (κ1) is 19.3. The van der Waals surface area contributed by atoms with E-state index in [1.54, 1.807) is 24.3 Å². The highest BCUT2D eigenvalue weighted by atomic mass is 16.7. The van der Waals surface area contributed by atoms with E-state index in [1.165, 1.54) is 12.1 Å². The van der Waals surface area contributed by atoms with E-state index < -0.39 is 17.7 Å². The molecule has 2 heterocycles. The van der Waals surface area contributed by atoms with E-state index in [1.807, 2.05) is 0 Å². The van der Waals surface area contributed by atoms with Crippen molar-refractivity contribution in [3.8, 4) is 11.5 Å². The fourth-order valence-corrected chi connectivity index (χ4v) is 4.73. The lowest BCUT2D eigenvalue weighted by Crippen LogP contribution is -2.55. The topological polar surface area (TPSA) is 93.1 Å². The van der Waals surface area contributed by atoms with Crippen molar-refractivity contribution >= 4 is 11.9 Å². The summed E-state index contributed by atoms with van der Waals surface area (Å²) in [6, 6.07) is 9.81. The maximum Gasteiger partial charge on any atom is 0.335 e. The summed E-state index contributed by atoms with van der Waals surface area (Å²) in [6.07, 6.45) is 1.08. The molecular formula is C23H24O6. The molecule has 6 heteroatoms. The van der Waals surface area contributed by atoms with Gasteiger partial charge in [-0.05, 0) is 36.4 Å². The summed E-state index contributed by atoms with van der Waals surface area (Å²) in [6.45, 7) is 8.23. The van der Waals surface area contributed by atoms with Crippen LogP contribution in [-0.4, -0.2) is 27.9 Å². The van der Waals surface area contributed by atoms with Gasteiger partial charge in [0.05, 0.1) is 11.1 Å². The van der Waals surface area contributed by atoms with Gasteiger partial charge in [0.15, 0.2) is 0 Å². The van der Waals surface area contributed by atoms with E-state index in [-0.39, 0.29) is 22.0 Å². The van der Waals surface area contributed by atoms with Gasteiger partial charge in [-0.15, -0.1) is 0 Å². The molecule has 0 fully saturated rings. The smallest absolute Gasteiger partial charge is 0.335 e. The summed E-state index contributed by atoms with van der Waals surface area (Å²) in [5.41, 5.74) is 1.41. The van der Waals surface area contributed by atoms with Crippen LogP contribution >= 0.6 is 0 Å². The van der Waals surface area contributed by atoms with Crippen molar-refractivity contribution in [1.82, 2.24) is 0 Å². The van der Waals surface area contributed by atoms with Crippen LogP contribution in [0.1, 0.15) is 72.4 Å². The Morgan fingerprint density at radius 1 is 0.759 bits per heavy atom. The lowest BCUT2D eigenvalue weighted by atomic mass is 9.69. The molecular weight excluding hydrogens is 372 g/mol. The van der Waals surface area contributed by atoms with E-state index in [4.69, 9.17) is 9.47 Å². The normalized spacial score (nSPS) is 20.0. The first-order valence-corrected chi connectivity index (χ1v) is 9.56. The third-order valence-electron chi connectivity index (χ3n) is 5.93. The number of carboxylic acid groups (broad SMARTS) is 2. The van der Waals surface area contributed by atoms with E-state index >= 15 is 0 Å². The lowest BCUT2D eigenvalue weighted by molar-refractivity contribution is -0.166. The highest BCUT2D eigenvalue weighted by Crippen LogP contribution is 2.53. The molecule has 2 aliphatic heterocycles. The highest BCUT2D eigenvalue weighted by Gasteiger charge is 2.53. The van der Waals surface area contributed by atoms with Gasteiger partial charge in [0.2, 0.25) is 0 Å². The molecule has 0 aromatic heterocycles. The Balaban J connectivity index is 1.78. The summed E-state index contributed by atoms with van der Waals surface area (Å²) < 4.78 is 12.7. The minimum atomic E-state index is -0.970. The van der Waals surface area contributed by atoms with Gasteiger partial charge in [-0.3, -0.25) is 0 Å². The van der Waals surface area contributed by atoms with E-state index in [0.29, 0.717) is 24.3 Å². The zero-order chi connectivity index (χ0) is 21.2. The number of rotatable bonds is 2. The molecule has 0 bridgehead atoms. The van der Waals surface area contributed by atoms with Gasteiger partial charge >= 0.3 is 11.9 Å². The number of hydrogen-bond acceptors (Lipinski definition) is 4. The van der Waals surface area contributed by atoms with E-state index in [9.17, 15) is 19.8 Å². The van der Waals surface area contributed by atoms with Gasteiger partial charge in [0.1, 0.15) is 11.5 Å². The Kier molecular flexibility index (Phi) is 3.99. The van der Waals surface area contributed by atoms with E-state index in [2.05, 4.69) is 27.7 Å². The number of hydrogen-bond donors (Lipinski definition) is 2. The molecule has 1 spiro atoms. The molecule has 0 aliphatic carbocycles. The van der Waals surface area contributed by atoms with Gasteiger partial charge in [-0.25, -0.2) is 9.59 Å². The molecule has 2 aromatic rings. The molecule has 2 aromatic carbocycles. The number of carboxylic acids is 2. The van der Waals surface area contributed by atoms with Gasteiger partial charge in [0.25, 0.3) is 5.79 Å². The molecule has 2 N–H and O–H groups in total. The van der Waals surface area contributed by atoms with Crippen LogP contribution in [0.5, 0.6) is 11.5 Å². The van der Waals surface area contributed by atoms with Crippen molar-refractivity contribution in [2.45, 2.75) is 57.2 Å². The van der Waals surface area contributed by atoms with Crippen LogP contribution < -0.4 is 9.47 Å². The van der Waals surface area contributed by atoms with Gasteiger partial charge < -0.3 is 19.7 Å². The summed E-state index contributed by atoms with van der Waals surface area (Å²) in [5.74, 6) is -1.62. The quantitative estimate of drug-likeness (QED) is 0.771. The third kappa shape index (κ3) is 3.12. The van der Waals surface area contributed by atoms with Crippen molar-refractivity contribution in [3.05, 3.63) is 58.7 Å². The predicted octanol–water partition coefficient (Wildman–Crippen LogP) is 4.60. The van der Waals surface area contributed by atoms with Crippen LogP contribution in [0.2, 0.25) is 0 Å². The Hall–Kier alpha value is -3.02. The molecule has 29 heavy (non-hydrogen) atoms. The standard InChI is InChI=1S/C23H24O6/c1-21(2)11-23(28-17-7-5-13(19(24)25)9-15(17)21)12-22(3,4)16-10-14(20(26)27)6-8-18(16)29-23/h5-10H,11-12H2,1-4H3,(H,24,25)(H,26,27). The number of aromatic carboxylic acids is 2. The van der Waals surface area contributed by atoms with Crippen molar-refractivity contribution in [2.75, 3.05) is 0 Å². The van der Waals surface area contributed by atoms with Crippen LogP contribution in [0.25, 0.3) is 0 Å². The first-order chi connectivity index (χ1) is 13.4. The van der Waals surface area contributed by atoms with Crippen molar-refractivity contribution in [3.63, 3.8) is 0 Å². The Morgan fingerprint density at radius 3 is 1.48 bits per heavy atom. The summed E-state index contributed by atoms with van der Waals surface area (Å²) >= 11 is 0. The maximum atomic E-state index is 11.4. The fourth-order valence-electron chi connectivity index (χ4n) is 4.73. The largest absolute Gasteiger partial charge is 0.478 e. The lowest BCUT2D eigenvalue weighted by Gasteiger charge is -2.51. The second kappa shape index (κ2) is 5.99. The van der Waals surface area contributed by atoms with Gasteiger partial charge in [-0.1, -0.05) is 27.7 Å². The van der Waals surface area contributed by atoms with E-state index in [0.717, 1.165) is 11.1 Å². The monoisotopic (exact) mass is 396 g/mol. The first-order valence-electron chi connectivity index (χ1n) is 9.56. The average molecular weight is 396 g/mol. The minimum absolute atomic E-state index is 0.229. The molecule has 6 nitrogen and oxygen atoms in total. The molecule has 0 unspecified atom stereocenters. The minimum Gasteiger partial charge on any atom is -0.478 e. The predicted molar refractivity (Wildman–Crippen MR) is 106 cm³/mol. The van der Waals surface area contributed by atoms with Gasteiger partial charge in [0, 0.05) is 34.8 Å². The van der Waals surface area contributed by atoms with Crippen molar-refractivity contribution < 1.29 is 29.3 Å². The second-order valence-electron chi connectivity index (χ2n) is 9.27.